The molecule has 0 atom stereocenters. The minimum absolute atomic E-state index is 0.110. The lowest BCUT2D eigenvalue weighted by atomic mass is 9.94. The average Bonchev–Trinajstić information content (AvgIpc) is 2.97. The first-order chi connectivity index (χ1) is 7.60. The lowest BCUT2D eigenvalue weighted by Crippen LogP contribution is -2.09. The molecule has 0 bridgehead atoms. The van der Waals surface area contributed by atoms with E-state index in [0.717, 1.165) is 30.2 Å². The molecule has 0 aliphatic heterocycles. The summed E-state index contributed by atoms with van der Waals surface area (Å²) >= 11 is 3.40. The summed E-state index contributed by atoms with van der Waals surface area (Å²) in [5.41, 5.74) is 1.40. The van der Waals surface area contributed by atoms with E-state index >= 15 is 0 Å². The SMILES string of the molecule is O=C(O)CC1(CCc2ccc(Br)cc2)CC1. The maximum Gasteiger partial charge on any atom is 0.303 e. The van der Waals surface area contributed by atoms with Gasteiger partial charge in [0.1, 0.15) is 0 Å². The minimum atomic E-state index is -0.659. The van der Waals surface area contributed by atoms with Gasteiger partial charge in [-0.25, -0.2) is 0 Å². The molecule has 0 radical (unpaired) electrons. The van der Waals surface area contributed by atoms with Crippen LogP contribution in [0.5, 0.6) is 0 Å². The molecule has 1 aromatic rings. The van der Waals surface area contributed by atoms with Crippen molar-refractivity contribution in [1.82, 2.24) is 0 Å². The Balaban J connectivity index is 1.87. The number of carboxylic acid groups (broad SMARTS) is 1. The first-order valence-electron chi connectivity index (χ1n) is 5.56. The molecule has 2 nitrogen and oxygen atoms in total. The van der Waals surface area contributed by atoms with Crippen LogP contribution in [0.2, 0.25) is 0 Å². The first kappa shape index (κ1) is 11.6. The molecule has 1 fully saturated rings. The van der Waals surface area contributed by atoms with Crippen LogP contribution in [0.4, 0.5) is 0 Å². The summed E-state index contributed by atoms with van der Waals surface area (Å²) in [7, 11) is 0. The molecule has 1 aliphatic rings. The highest BCUT2D eigenvalue weighted by atomic mass is 79.9. The molecule has 1 aliphatic carbocycles. The van der Waals surface area contributed by atoms with Gasteiger partial charge < -0.3 is 5.11 Å². The van der Waals surface area contributed by atoms with E-state index in [1.807, 2.05) is 12.1 Å². The number of aryl methyl sites for hydroxylation is 1. The molecule has 1 aromatic carbocycles. The molecule has 0 saturated heterocycles. The number of rotatable bonds is 5. The van der Waals surface area contributed by atoms with Gasteiger partial charge in [0.15, 0.2) is 0 Å². The Morgan fingerprint density at radius 3 is 2.44 bits per heavy atom. The summed E-state index contributed by atoms with van der Waals surface area (Å²) in [5, 5.41) is 8.82. The molecule has 0 aromatic heterocycles. The van der Waals surface area contributed by atoms with Crippen molar-refractivity contribution in [3.05, 3.63) is 34.3 Å². The van der Waals surface area contributed by atoms with Crippen LogP contribution in [0.15, 0.2) is 28.7 Å². The highest BCUT2D eigenvalue weighted by Gasteiger charge is 2.43. The van der Waals surface area contributed by atoms with E-state index in [1.54, 1.807) is 0 Å². The third-order valence-corrected chi connectivity index (χ3v) is 3.87. The van der Waals surface area contributed by atoms with E-state index in [1.165, 1.54) is 5.56 Å². The quantitative estimate of drug-likeness (QED) is 0.895. The van der Waals surface area contributed by atoms with Crippen LogP contribution in [-0.4, -0.2) is 11.1 Å². The van der Waals surface area contributed by atoms with Gasteiger partial charge in [0.25, 0.3) is 0 Å². The predicted molar refractivity (Wildman–Crippen MR) is 66.4 cm³/mol. The van der Waals surface area contributed by atoms with Crippen molar-refractivity contribution >= 4 is 21.9 Å². The number of carboxylic acids is 1. The van der Waals surface area contributed by atoms with E-state index in [2.05, 4.69) is 28.1 Å². The molecule has 3 heteroatoms. The zero-order chi connectivity index (χ0) is 11.6. The Hall–Kier alpha value is -0.830. The van der Waals surface area contributed by atoms with E-state index < -0.39 is 5.97 Å². The second kappa shape index (κ2) is 4.58. The summed E-state index contributed by atoms with van der Waals surface area (Å²) in [6, 6.07) is 8.26. The highest BCUT2D eigenvalue weighted by molar-refractivity contribution is 9.10. The number of benzene rings is 1. The summed E-state index contributed by atoms with van der Waals surface area (Å²) in [6.45, 7) is 0. The van der Waals surface area contributed by atoms with Gasteiger partial charge in [-0.3, -0.25) is 4.79 Å². The van der Waals surface area contributed by atoms with Crippen LogP contribution in [-0.2, 0) is 11.2 Å². The Labute approximate surface area is 104 Å². The largest absolute Gasteiger partial charge is 0.481 e. The Morgan fingerprint density at radius 2 is 1.94 bits per heavy atom. The van der Waals surface area contributed by atoms with Crippen LogP contribution < -0.4 is 0 Å². The second-order valence-electron chi connectivity index (χ2n) is 4.70. The molecule has 0 heterocycles. The number of hydrogen-bond donors (Lipinski definition) is 1. The van der Waals surface area contributed by atoms with Gasteiger partial charge in [-0.15, -0.1) is 0 Å². The Bertz CT molecular complexity index is 379. The van der Waals surface area contributed by atoms with Crippen LogP contribution >= 0.6 is 15.9 Å². The maximum absolute atomic E-state index is 10.7. The number of halogens is 1. The average molecular weight is 283 g/mol. The predicted octanol–water partition coefficient (Wildman–Crippen LogP) is 3.64. The van der Waals surface area contributed by atoms with Crippen molar-refractivity contribution in [2.45, 2.75) is 32.1 Å². The molecule has 0 spiro atoms. The van der Waals surface area contributed by atoms with Gasteiger partial charge in [-0.2, -0.15) is 0 Å². The number of hydrogen-bond acceptors (Lipinski definition) is 1. The van der Waals surface area contributed by atoms with E-state index in [4.69, 9.17) is 5.11 Å². The molecule has 0 unspecified atom stereocenters. The van der Waals surface area contributed by atoms with E-state index in [-0.39, 0.29) is 5.41 Å². The zero-order valence-corrected chi connectivity index (χ0v) is 10.7. The highest BCUT2D eigenvalue weighted by Crippen LogP contribution is 2.52. The summed E-state index contributed by atoms with van der Waals surface area (Å²) in [5.74, 6) is -0.659. The third kappa shape index (κ3) is 3.08. The summed E-state index contributed by atoms with van der Waals surface area (Å²) in [4.78, 5) is 10.7. The van der Waals surface area contributed by atoms with Crippen molar-refractivity contribution in [3.63, 3.8) is 0 Å². The van der Waals surface area contributed by atoms with Gasteiger partial charge >= 0.3 is 5.97 Å². The molecule has 1 N–H and O–H groups in total. The lowest BCUT2D eigenvalue weighted by molar-refractivity contribution is -0.138. The standard InChI is InChI=1S/C13H15BrO2/c14-11-3-1-10(2-4-11)5-6-13(7-8-13)9-12(15)16/h1-4H,5-9H2,(H,15,16). The minimum Gasteiger partial charge on any atom is -0.481 e. The summed E-state index contributed by atoms with van der Waals surface area (Å²) in [6.07, 6.45) is 4.48. The Kier molecular flexibility index (Phi) is 3.33. The zero-order valence-electron chi connectivity index (χ0n) is 9.08. The molecule has 86 valence electrons. The maximum atomic E-state index is 10.7. The van der Waals surface area contributed by atoms with Crippen molar-refractivity contribution < 1.29 is 9.90 Å². The van der Waals surface area contributed by atoms with Crippen LogP contribution in [0.3, 0.4) is 0 Å². The topological polar surface area (TPSA) is 37.3 Å². The van der Waals surface area contributed by atoms with Gasteiger partial charge in [-0.05, 0) is 48.8 Å². The van der Waals surface area contributed by atoms with Crippen LogP contribution in [0, 0.1) is 5.41 Å². The fraction of sp³-hybridized carbons (Fsp3) is 0.462. The molecule has 1 saturated carbocycles. The van der Waals surface area contributed by atoms with Gasteiger partial charge in [0.2, 0.25) is 0 Å². The summed E-state index contributed by atoms with van der Waals surface area (Å²) < 4.78 is 1.09. The molecular weight excluding hydrogens is 268 g/mol. The Morgan fingerprint density at radius 1 is 1.31 bits per heavy atom. The number of aliphatic carboxylic acids is 1. The normalized spacial score (nSPS) is 17.1. The number of carbonyl (C=O) groups is 1. The van der Waals surface area contributed by atoms with E-state index in [9.17, 15) is 4.79 Å². The van der Waals surface area contributed by atoms with Gasteiger partial charge in [-0.1, -0.05) is 28.1 Å². The molecular formula is C13H15BrO2. The van der Waals surface area contributed by atoms with Crippen molar-refractivity contribution in [2.75, 3.05) is 0 Å². The second-order valence-corrected chi connectivity index (χ2v) is 5.61. The van der Waals surface area contributed by atoms with Gasteiger partial charge in [0, 0.05) is 4.47 Å². The molecule has 16 heavy (non-hydrogen) atoms. The molecule has 2 rings (SSSR count). The third-order valence-electron chi connectivity index (χ3n) is 3.34. The van der Waals surface area contributed by atoms with Crippen LogP contribution in [0.25, 0.3) is 0 Å². The fourth-order valence-corrected chi connectivity index (χ4v) is 2.34. The van der Waals surface area contributed by atoms with E-state index in [0.29, 0.717) is 6.42 Å². The lowest BCUT2D eigenvalue weighted by Gasteiger charge is -2.11. The van der Waals surface area contributed by atoms with Crippen molar-refractivity contribution in [3.8, 4) is 0 Å². The first-order valence-corrected chi connectivity index (χ1v) is 6.35. The smallest absolute Gasteiger partial charge is 0.303 e. The van der Waals surface area contributed by atoms with Crippen LogP contribution in [0.1, 0.15) is 31.2 Å². The van der Waals surface area contributed by atoms with Gasteiger partial charge in [0.05, 0.1) is 6.42 Å². The molecule has 0 amide bonds. The fourth-order valence-electron chi connectivity index (χ4n) is 2.07. The van der Waals surface area contributed by atoms with Crippen molar-refractivity contribution in [2.24, 2.45) is 5.41 Å². The monoisotopic (exact) mass is 282 g/mol. The van der Waals surface area contributed by atoms with Crippen molar-refractivity contribution in [1.29, 1.82) is 0 Å².